The standard InChI is InChI=1S/C22H24N4O2S/c1-14-11-15(2)13-25(12-14)18(16-7-4-3-5-8-16)19-21(27)26-22(29-19)23-20(24-26)17-9-6-10-28-17/h3-10,14-15,18,27H,11-13H2,1-2H3/p+1/t14-,15+,18-/m0/s1. The van der Waals surface area contributed by atoms with Gasteiger partial charge >= 0.3 is 0 Å². The number of likely N-dealkylation sites (tertiary alicyclic amines) is 1. The summed E-state index contributed by atoms with van der Waals surface area (Å²) in [5.41, 5.74) is 1.22. The lowest BCUT2D eigenvalue weighted by atomic mass is 9.89. The number of hydrogen-bond acceptors (Lipinski definition) is 5. The van der Waals surface area contributed by atoms with Gasteiger partial charge in [0.2, 0.25) is 16.7 Å². The quantitative estimate of drug-likeness (QED) is 0.542. The number of piperidine rings is 1. The second kappa shape index (κ2) is 7.31. The second-order valence-electron chi connectivity index (χ2n) is 8.25. The van der Waals surface area contributed by atoms with Crippen LogP contribution in [0.1, 0.15) is 36.8 Å². The van der Waals surface area contributed by atoms with E-state index in [9.17, 15) is 5.11 Å². The summed E-state index contributed by atoms with van der Waals surface area (Å²) in [5, 5.41) is 15.6. The summed E-state index contributed by atoms with van der Waals surface area (Å²) in [5.74, 6) is 2.60. The zero-order chi connectivity index (χ0) is 20.0. The van der Waals surface area contributed by atoms with Crippen LogP contribution in [0.2, 0.25) is 0 Å². The molecule has 29 heavy (non-hydrogen) atoms. The van der Waals surface area contributed by atoms with Gasteiger partial charge in [-0.2, -0.15) is 9.50 Å². The topological polar surface area (TPSA) is 68.0 Å². The van der Waals surface area contributed by atoms with Crippen molar-refractivity contribution in [2.75, 3.05) is 13.1 Å². The van der Waals surface area contributed by atoms with Gasteiger partial charge in [0.15, 0.2) is 11.8 Å². The zero-order valence-electron chi connectivity index (χ0n) is 16.6. The van der Waals surface area contributed by atoms with Crippen molar-refractivity contribution in [3.63, 3.8) is 0 Å². The predicted molar refractivity (Wildman–Crippen MR) is 112 cm³/mol. The molecule has 150 valence electrons. The predicted octanol–water partition coefficient (Wildman–Crippen LogP) is 3.41. The second-order valence-corrected chi connectivity index (χ2v) is 9.26. The van der Waals surface area contributed by atoms with Gasteiger partial charge in [-0.25, -0.2) is 0 Å². The van der Waals surface area contributed by atoms with Crippen molar-refractivity contribution in [2.45, 2.75) is 26.3 Å². The maximum absolute atomic E-state index is 11.1. The van der Waals surface area contributed by atoms with Crippen LogP contribution in [-0.4, -0.2) is 32.8 Å². The molecule has 1 fully saturated rings. The van der Waals surface area contributed by atoms with Gasteiger partial charge in [-0.3, -0.25) is 0 Å². The number of thiazole rings is 1. The van der Waals surface area contributed by atoms with Gasteiger partial charge < -0.3 is 14.4 Å². The SMILES string of the molecule is C[C@@H]1C[C@H](C)C[NH+]([C@@H](c2ccccc2)c2sc3nc(-c4ccco4)nn3c2O)C1. The Balaban J connectivity index is 1.59. The fourth-order valence-corrected chi connectivity index (χ4v) is 5.88. The third-order valence-electron chi connectivity index (χ3n) is 5.77. The highest BCUT2D eigenvalue weighted by atomic mass is 32.1. The Morgan fingerprint density at radius 3 is 2.55 bits per heavy atom. The number of fused-ring (bicyclic) bond motifs is 1. The van der Waals surface area contributed by atoms with E-state index in [1.54, 1.807) is 10.8 Å². The van der Waals surface area contributed by atoms with Crippen LogP contribution in [0.4, 0.5) is 0 Å². The van der Waals surface area contributed by atoms with E-state index in [-0.39, 0.29) is 11.9 Å². The minimum Gasteiger partial charge on any atom is -0.492 e. The first-order chi connectivity index (χ1) is 14.1. The van der Waals surface area contributed by atoms with Gasteiger partial charge in [0, 0.05) is 17.4 Å². The summed E-state index contributed by atoms with van der Waals surface area (Å²) in [7, 11) is 0. The lowest BCUT2D eigenvalue weighted by Gasteiger charge is -2.36. The number of benzene rings is 1. The molecule has 5 rings (SSSR count). The smallest absolute Gasteiger partial charge is 0.235 e. The van der Waals surface area contributed by atoms with E-state index in [0.717, 1.165) is 18.0 Å². The van der Waals surface area contributed by atoms with Crippen LogP contribution >= 0.6 is 11.3 Å². The number of aromatic hydroxyl groups is 1. The average molecular weight is 410 g/mol. The highest BCUT2D eigenvalue weighted by Crippen LogP contribution is 2.36. The maximum Gasteiger partial charge on any atom is 0.235 e. The zero-order valence-corrected chi connectivity index (χ0v) is 17.4. The van der Waals surface area contributed by atoms with Crippen molar-refractivity contribution in [3.05, 3.63) is 59.2 Å². The summed E-state index contributed by atoms with van der Waals surface area (Å²) < 4.78 is 6.95. The molecule has 3 aromatic heterocycles. The first kappa shape index (κ1) is 18.4. The van der Waals surface area contributed by atoms with Crippen molar-refractivity contribution in [1.29, 1.82) is 0 Å². The monoisotopic (exact) mass is 409 g/mol. The molecule has 1 aromatic carbocycles. The Bertz CT molecular complexity index is 1090. The summed E-state index contributed by atoms with van der Waals surface area (Å²) in [6, 6.07) is 14.2. The fourth-order valence-electron chi connectivity index (χ4n) is 4.73. The van der Waals surface area contributed by atoms with Gasteiger partial charge in [0.05, 0.1) is 19.4 Å². The number of rotatable bonds is 4. The lowest BCUT2D eigenvalue weighted by Crippen LogP contribution is -3.14. The lowest BCUT2D eigenvalue weighted by molar-refractivity contribution is -0.936. The Morgan fingerprint density at radius 1 is 1.14 bits per heavy atom. The van der Waals surface area contributed by atoms with Crippen molar-refractivity contribution in [1.82, 2.24) is 14.6 Å². The highest BCUT2D eigenvalue weighted by molar-refractivity contribution is 7.17. The third kappa shape index (κ3) is 3.34. The molecule has 1 unspecified atom stereocenters. The van der Waals surface area contributed by atoms with Gasteiger partial charge in [-0.15, -0.1) is 5.10 Å². The maximum atomic E-state index is 11.1. The number of nitrogens with zero attached hydrogens (tertiary/aromatic N) is 3. The molecule has 0 bridgehead atoms. The summed E-state index contributed by atoms with van der Waals surface area (Å²) in [6.45, 7) is 6.84. The Hall–Kier alpha value is -2.64. The molecule has 0 aliphatic carbocycles. The third-order valence-corrected chi connectivity index (χ3v) is 6.86. The average Bonchev–Trinajstić information content (AvgIpc) is 3.41. The number of furan rings is 1. The Labute approximate surface area is 173 Å². The minimum atomic E-state index is 0.0713. The molecule has 1 saturated heterocycles. The van der Waals surface area contributed by atoms with Crippen LogP contribution in [0.25, 0.3) is 16.5 Å². The van der Waals surface area contributed by atoms with E-state index in [2.05, 4.69) is 48.2 Å². The molecule has 0 amide bonds. The normalized spacial score (nSPS) is 23.4. The van der Waals surface area contributed by atoms with Crippen molar-refractivity contribution in [2.24, 2.45) is 11.8 Å². The molecule has 7 heteroatoms. The molecule has 0 radical (unpaired) electrons. The molecular weight excluding hydrogens is 384 g/mol. The van der Waals surface area contributed by atoms with E-state index in [0.29, 0.717) is 28.4 Å². The van der Waals surface area contributed by atoms with Crippen molar-refractivity contribution < 1.29 is 14.4 Å². The van der Waals surface area contributed by atoms with E-state index in [1.165, 1.54) is 28.2 Å². The van der Waals surface area contributed by atoms with E-state index in [1.807, 2.05) is 18.2 Å². The van der Waals surface area contributed by atoms with Crippen molar-refractivity contribution >= 4 is 16.3 Å². The molecule has 1 aliphatic heterocycles. The number of hydrogen-bond donors (Lipinski definition) is 2. The largest absolute Gasteiger partial charge is 0.492 e. The summed E-state index contributed by atoms with van der Waals surface area (Å²) >= 11 is 1.52. The van der Waals surface area contributed by atoms with Gasteiger partial charge in [-0.05, 0) is 18.6 Å². The van der Waals surface area contributed by atoms with Gasteiger partial charge in [0.1, 0.15) is 4.88 Å². The van der Waals surface area contributed by atoms with E-state index in [4.69, 9.17) is 4.42 Å². The number of quaternary nitrogens is 1. The van der Waals surface area contributed by atoms with Gasteiger partial charge in [-0.1, -0.05) is 55.5 Å². The number of nitrogens with one attached hydrogen (secondary N) is 1. The van der Waals surface area contributed by atoms with Crippen LogP contribution < -0.4 is 4.90 Å². The van der Waals surface area contributed by atoms with Crippen LogP contribution in [0.3, 0.4) is 0 Å². The highest BCUT2D eigenvalue weighted by Gasteiger charge is 2.37. The summed E-state index contributed by atoms with van der Waals surface area (Å²) in [4.78, 5) is 7.70. The van der Waals surface area contributed by atoms with Crippen LogP contribution in [0.15, 0.2) is 53.1 Å². The molecule has 1 aliphatic rings. The molecule has 4 atom stereocenters. The van der Waals surface area contributed by atoms with E-state index >= 15 is 0 Å². The minimum absolute atomic E-state index is 0.0713. The molecular formula is C22H25N4O2S+. The van der Waals surface area contributed by atoms with Gasteiger partial charge in [0.25, 0.3) is 0 Å². The summed E-state index contributed by atoms with van der Waals surface area (Å²) in [6.07, 6.45) is 2.86. The first-order valence-corrected chi connectivity index (χ1v) is 10.9. The molecule has 2 N–H and O–H groups in total. The fraction of sp³-hybridized carbons (Fsp3) is 0.364. The molecule has 0 spiro atoms. The first-order valence-electron chi connectivity index (χ1n) is 10.1. The van der Waals surface area contributed by atoms with Crippen LogP contribution in [0, 0.1) is 11.8 Å². The van der Waals surface area contributed by atoms with Crippen LogP contribution in [0.5, 0.6) is 5.88 Å². The molecule has 0 saturated carbocycles. The Kier molecular flexibility index (Phi) is 4.64. The molecule has 4 heterocycles. The molecule has 6 nitrogen and oxygen atoms in total. The number of aromatic nitrogens is 3. The van der Waals surface area contributed by atoms with Crippen LogP contribution in [-0.2, 0) is 0 Å². The molecule has 4 aromatic rings. The van der Waals surface area contributed by atoms with E-state index < -0.39 is 0 Å². The van der Waals surface area contributed by atoms with Crippen molar-refractivity contribution in [3.8, 4) is 17.5 Å². The Morgan fingerprint density at radius 2 is 1.90 bits per heavy atom.